The number of amides is 2. The Bertz CT molecular complexity index is 929. The van der Waals surface area contributed by atoms with Crippen LogP contribution in [-0.2, 0) is 16.0 Å². The second-order valence-electron chi connectivity index (χ2n) is 7.32. The molecule has 1 aliphatic heterocycles. The van der Waals surface area contributed by atoms with E-state index in [9.17, 15) is 14.7 Å². The first-order chi connectivity index (χ1) is 15.0. The third-order valence-corrected chi connectivity index (χ3v) is 5.38. The smallest absolute Gasteiger partial charge is 0.416 e. The predicted octanol–water partition coefficient (Wildman–Crippen LogP) is 3.52. The first-order valence-electron chi connectivity index (χ1n) is 10.0. The topological polar surface area (TPSA) is 85.3 Å². The van der Waals surface area contributed by atoms with Crippen LogP contribution in [-0.4, -0.2) is 48.9 Å². The minimum Gasteiger partial charge on any atom is -0.493 e. The van der Waals surface area contributed by atoms with Crippen molar-refractivity contribution >= 4 is 12.0 Å². The number of rotatable bonds is 9. The monoisotopic (exact) mass is 425 g/mol. The van der Waals surface area contributed by atoms with Gasteiger partial charge in [0.05, 0.1) is 32.3 Å². The van der Waals surface area contributed by atoms with E-state index in [1.807, 2.05) is 30.3 Å². The van der Waals surface area contributed by atoms with E-state index in [0.29, 0.717) is 23.5 Å². The standard InChI is InChI=1S/C24H27NO6/c1-4-8-19(22(26)17-11-12-20(29-2)21(14-17)30-3)23(27)25-18(15-31-24(25)28)13-16-9-6-5-7-10-16/h4-7,9-12,14,18-19,22,26H,1,8,13,15H2,2-3H3/t18-,19?,22+/m1/s1. The Kier molecular flexibility index (Phi) is 7.31. The van der Waals surface area contributed by atoms with Crippen molar-refractivity contribution in [3.05, 3.63) is 72.3 Å². The molecule has 3 atom stereocenters. The molecule has 31 heavy (non-hydrogen) atoms. The third-order valence-electron chi connectivity index (χ3n) is 5.38. The second-order valence-corrected chi connectivity index (χ2v) is 7.32. The van der Waals surface area contributed by atoms with Gasteiger partial charge in [-0.3, -0.25) is 4.79 Å². The van der Waals surface area contributed by atoms with Crippen molar-refractivity contribution in [2.24, 2.45) is 5.92 Å². The Morgan fingerprint density at radius 2 is 1.94 bits per heavy atom. The zero-order chi connectivity index (χ0) is 22.4. The molecule has 0 spiro atoms. The molecule has 0 radical (unpaired) electrons. The molecule has 1 unspecified atom stereocenters. The summed E-state index contributed by atoms with van der Waals surface area (Å²) in [6.07, 6.45) is 0.359. The number of aliphatic hydroxyl groups excluding tert-OH is 1. The van der Waals surface area contributed by atoms with E-state index in [-0.39, 0.29) is 13.0 Å². The van der Waals surface area contributed by atoms with E-state index in [4.69, 9.17) is 14.2 Å². The number of benzene rings is 2. The first-order valence-corrected chi connectivity index (χ1v) is 10.0. The molecular formula is C24H27NO6. The van der Waals surface area contributed by atoms with Gasteiger partial charge in [-0.1, -0.05) is 42.5 Å². The van der Waals surface area contributed by atoms with Gasteiger partial charge < -0.3 is 19.3 Å². The lowest BCUT2D eigenvalue weighted by Crippen LogP contribution is -2.45. The molecule has 1 saturated heterocycles. The average Bonchev–Trinajstić information content (AvgIpc) is 3.16. The van der Waals surface area contributed by atoms with Gasteiger partial charge in [0.2, 0.25) is 5.91 Å². The van der Waals surface area contributed by atoms with Gasteiger partial charge >= 0.3 is 6.09 Å². The highest BCUT2D eigenvalue weighted by molar-refractivity contribution is 5.95. The van der Waals surface area contributed by atoms with Crippen LogP contribution in [0.15, 0.2) is 61.2 Å². The van der Waals surface area contributed by atoms with Crippen molar-refractivity contribution in [3.8, 4) is 11.5 Å². The van der Waals surface area contributed by atoms with Gasteiger partial charge in [0, 0.05) is 0 Å². The van der Waals surface area contributed by atoms with Crippen LogP contribution < -0.4 is 9.47 Å². The maximum atomic E-state index is 13.4. The summed E-state index contributed by atoms with van der Waals surface area (Å²) in [5.41, 5.74) is 1.47. The highest BCUT2D eigenvalue weighted by Crippen LogP contribution is 2.35. The third kappa shape index (κ3) is 4.88. The number of carbonyl (C=O) groups excluding carboxylic acids is 2. The molecule has 1 aliphatic rings. The van der Waals surface area contributed by atoms with Crippen molar-refractivity contribution in [3.63, 3.8) is 0 Å². The average molecular weight is 425 g/mol. The SMILES string of the molecule is C=CCC(C(=O)N1C(=O)OC[C@H]1Cc1ccccc1)[C@@H](O)c1ccc(OC)c(OC)c1. The normalized spacial score (nSPS) is 17.6. The van der Waals surface area contributed by atoms with E-state index in [1.165, 1.54) is 14.2 Å². The van der Waals surface area contributed by atoms with Crippen LogP contribution >= 0.6 is 0 Å². The molecule has 2 aromatic rings. The Morgan fingerprint density at radius 1 is 1.23 bits per heavy atom. The number of ether oxygens (including phenoxy) is 3. The quantitative estimate of drug-likeness (QED) is 0.619. The van der Waals surface area contributed by atoms with Gasteiger partial charge in [-0.2, -0.15) is 0 Å². The van der Waals surface area contributed by atoms with Crippen LogP contribution in [0.25, 0.3) is 0 Å². The Balaban J connectivity index is 1.86. The predicted molar refractivity (Wildman–Crippen MR) is 115 cm³/mol. The zero-order valence-corrected chi connectivity index (χ0v) is 17.7. The number of allylic oxidation sites excluding steroid dienone is 1. The fraction of sp³-hybridized carbons (Fsp3) is 0.333. The molecule has 0 aliphatic carbocycles. The summed E-state index contributed by atoms with van der Waals surface area (Å²) in [4.78, 5) is 26.9. The van der Waals surface area contributed by atoms with E-state index >= 15 is 0 Å². The van der Waals surface area contributed by atoms with E-state index in [1.54, 1.807) is 24.3 Å². The molecule has 2 aromatic carbocycles. The highest BCUT2D eigenvalue weighted by atomic mass is 16.6. The summed E-state index contributed by atoms with van der Waals surface area (Å²) >= 11 is 0. The lowest BCUT2D eigenvalue weighted by molar-refractivity contribution is -0.137. The number of carbonyl (C=O) groups is 2. The number of cyclic esters (lactones) is 1. The van der Waals surface area contributed by atoms with Gasteiger partial charge in [-0.15, -0.1) is 6.58 Å². The zero-order valence-electron chi connectivity index (χ0n) is 17.7. The van der Waals surface area contributed by atoms with E-state index in [2.05, 4.69) is 6.58 Å². The van der Waals surface area contributed by atoms with Crippen molar-refractivity contribution in [1.82, 2.24) is 4.90 Å². The summed E-state index contributed by atoms with van der Waals surface area (Å²) in [5.74, 6) is -0.451. The highest BCUT2D eigenvalue weighted by Gasteiger charge is 2.42. The largest absolute Gasteiger partial charge is 0.493 e. The summed E-state index contributed by atoms with van der Waals surface area (Å²) < 4.78 is 15.7. The van der Waals surface area contributed by atoms with Gasteiger partial charge in [0.15, 0.2) is 11.5 Å². The first kappa shape index (κ1) is 22.4. The maximum Gasteiger partial charge on any atom is 0.416 e. The van der Waals surface area contributed by atoms with Crippen LogP contribution in [0.2, 0.25) is 0 Å². The fourth-order valence-electron chi connectivity index (χ4n) is 3.76. The molecule has 7 nitrogen and oxygen atoms in total. The Hall–Kier alpha value is -3.32. The molecule has 164 valence electrons. The summed E-state index contributed by atoms with van der Waals surface area (Å²) in [6.45, 7) is 3.83. The van der Waals surface area contributed by atoms with Crippen molar-refractivity contribution in [1.29, 1.82) is 0 Å². The van der Waals surface area contributed by atoms with Gasteiger partial charge in [0.1, 0.15) is 6.61 Å². The van der Waals surface area contributed by atoms with E-state index in [0.717, 1.165) is 10.5 Å². The molecule has 0 bridgehead atoms. The number of hydrogen-bond donors (Lipinski definition) is 1. The number of hydrogen-bond acceptors (Lipinski definition) is 6. The maximum absolute atomic E-state index is 13.4. The Labute approximate surface area is 181 Å². The molecule has 0 aromatic heterocycles. The molecule has 7 heteroatoms. The number of nitrogens with zero attached hydrogens (tertiary/aromatic N) is 1. The number of aliphatic hydroxyl groups is 1. The van der Waals surface area contributed by atoms with Gasteiger partial charge in [-0.05, 0) is 36.1 Å². The minimum absolute atomic E-state index is 0.118. The van der Waals surface area contributed by atoms with Crippen molar-refractivity contribution < 1.29 is 28.9 Å². The van der Waals surface area contributed by atoms with E-state index < -0.39 is 30.1 Å². The van der Waals surface area contributed by atoms with Crippen LogP contribution in [0.3, 0.4) is 0 Å². The lowest BCUT2D eigenvalue weighted by Gasteiger charge is -2.28. The van der Waals surface area contributed by atoms with Gasteiger partial charge in [0.25, 0.3) is 0 Å². The molecule has 0 saturated carbocycles. The number of imide groups is 1. The van der Waals surface area contributed by atoms with Crippen LogP contribution in [0.1, 0.15) is 23.7 Å². The molecule has 1 fully saturated rings. The molecule has 1 N–H and O–H groups in total. The van der Waals surface area contributed by atoms with Crippen molar-refractivity contribution in [2.75, 3.05) is 20.8 Å². The van der Waals surface area contributed by atoms with Gasteiger partial charge in [-0.25, -0.2) is 9.69 Å². The van der Waals surface area contributed by atoms with Crippen molar-refractivity contribution in [2.45, 2.75) is 25.0 Å². The molecule has 1 heterocycles. The Morgan fingerprint density at radius 3 is 2.58 bits per heavy atom. The summed E-state index contributed by atoms with van der Waals surface area (Å²) in [5, 5.41) is 11.0. The van der Waals surface area contributed by atoms with Crippen LogP contribution in [0, 0.1) is 5.92 Å². The molecule has 3 rings (SSSR count). The fourth-order valence-corrected chi connectivity index (χ4v) is 3.76. The minimum atomic E-state index is -1.17. The molecule has 2 amide bonds. The van der Waals surface area contributed by atoms with Crippen LogP contribution in [0.5, 0.6) is 11.5 Å². The summed E-state index contributed by atoms with van der Waals surface area (Å²) in [6, 6.07) is 14.1. The summed E-state index contributed by atoms with van der Waals surface area (Å²) in [7, 11) is 3.01. The molecular weight excluding hydrogens is 398 g/mol. The lowest BCUT2D eigenvalue weighted by atomic mass is 9.90. The number of methoxy groups -OCH3 is 2. The second kappa shape index (κ2) is 10.1. The van der Waals surface area contributed by atoms with Crippen LogP contribution in [0.4, 0.5) is 4.79 Å².